The Balaban J connectivity index is 1.99. The summed E-state index contributed by atoms with van der Waals surface area (Å²) in [5.41, 5.74) is 2.69. The van der Waals surface area contributed by atoms with Crippen LogP contribution in [0.2, 0.25) is 0 Å². The van der Waals surface area contributed by atoms with E-state index in [4.69, 9.17) is 0 Å². The smallest absolute Gasteiger partial charge is 0.251 e. The van der Waals surface area contributed by atoms with Gasteiger partial charge in [0.1, 0.15) is 0 Å². The van der Waals surface area contributed by atoms with E-state index < -0.39 is 0 Å². The minimum Gasteiger partial charge on any atom is -0.388 e. The minimum absolute atomic E-state index is 0.0593. The van der Waals surface area contributed by atoms with Crippen LogP contribution in [0.3, 0.4) is 0 Å². The molecule has 3 heteroatoms. The van der Waals surface area contributed by atoms with Crippen LogP contribution in [-0.2, 0) is 6.54 Å². The number of hydrogen-bond acceptors (Lipinski definition) is 2. The molecule has 0 spiro atoms. The predicted molar refractivity (Wildman–Crippen MR) is 73.6 cm³/mol. The molecule has 0 atom stereocenters. The maximum Gasteiger partial charge on any atom is 0.251 e. The zero-order chi connectivity index (χ0) is 12.8. The maximum absolute atomic E-state index is 11.9. The molecule has 0 aliphatic rings. The van der Waals surface area contributed by atoms with Crippen molar-refractivity contribution in [2.75, 3.05) is 12.4 Å². The average molecular weight is 240 g/mol. The molecule has 18 heavy (non-hydrogen) atoms. The van der Waals surface area contributed by atoms with E-state index in [0.717, 1.165) is 11.3 Å². The lowest BCUT2D eigenvalue weighted by Crippen LogP contribution is -2.22. The van der Waals surface area contributed by atoms with Gasteiger partial charge in [0.25, 0.3) is 5.91 Å². The minimum atomic E-state index is -0.0593. The fraction of sp³-hybridized carbons (Fsp3) is 0.133. The van der Waals surface area contributed by atoms with Crippen LogP contribution in [0, 0.1) is 0 Å². The fourth-order valence-electron chi connectivity index (χ4n) is 1.70. The Morgan fingerprint density at radius 1 is 1.06 bits per heavy atom. The van der Waals surface area contributed by atoms with Crippen LogP contribution in [0.25, 0.3) is 0 Å². The highest BCUT2D eigenvalue weighted by Crippen LogP contribution is 2.09. The second kappa shape index (κ2) is 5.87. The summed E-state index contributed by atoms with van der Waals surface area (Å²) in [5.74, 6) is -0.0593. The molecule has 0 aromatic heterocycles. The Bertz CT molecular complexity index is 523. The molecule has 0 heterocycles. The Morgan fingerprint density at radius 3 is 2.56 bits per heavy atom. The van der Waals surface area contributed by atoms with Crippen molar-refractivity contribution in [3.63, 3.8) is 0 Å². The molecular formula is C15H16N2O. The average Bonchev–Trinajstić information content (AvgIpc) is 2.46. The van der Waals surface area contributed by atoms with E-state index in [9.17, 15) is 4.79 Å². The Hall–Kier alpha value is -2.29. The molecule has 0 fully saturated rings. The summed E-state index contributed by atoms with van der Waals surface area (Å²) in [6, 6.07) is 17.3. The van der Waals surface area contributed by atoms with E-state index in [0.29, 0.717) is 12.1 Å². The number of rotatable bonds is 4. The summed E-state index contributed by atoms with van der Waals surface area (Å²) in [4.78, 5) is 11.9. The number of hydrogen-bond donors (Lipinski definition) is 2. The van der Waals surface area contributed by atoms with Crippen LogP contribution < -0.4 is 10.6 Å². The third kappa shape index (κ3) is 3.10. The van der Waals surface area contributed by atoms with E-state index in [1.807, 2.05) is 55.6 Å². The van der Waals surface area contributed by atoms with Gasteiger partial charge in [-0.1, -0.05) is 36.4 Å². The summed E-state index contributed by atoms with van der Waals surface area (Å²) >= 11 is 0. The van der Waals surface area contributed by atoms with Gasteiger partial charge in [0.2, 0.25) is 0 Å². The Kier molecular flexibility index (Phi) is 3.97. The van der Waals surface area contributed by atoms with Crippen molar-refractivity contribution < 1.29 is 4.79 Å². The number of carbonyl (C=O) groups is 1. The molecule has 2 aromatic rings. The molecule has 2 N–H and O–H groups in total. The van der Waals surface area contributed by atoms with Crippen LogP contribution >= 0.6 is 0 Å². The highest BCUT2D eigenvalue weighted by atomic mass is 16.1. The van der Waals surface area contributed by atoms with Gasteiger partial charge in [-0.2, -0.15) is 0 Å². The molecule has 2 rings (SSSR count). The number of nitrogens with one attached hydrogen (secondary N) is 2. The van der Waals surface area contributed by atoms with E-state index in [1.165, 1.54) is 0 Å². The zero-order valence-electron chi connectivity index (χ0n) is 10.3. The maximum atomic E-state index is 11.9. The molecule has 0 aliphatic heterocycles. The number of amides is 1. The first-order valence-corrected chi connectivity index (χ1v) is 5.89. The highest BCUT2D eigenvalue weighted by Gasteiger charge is 2.05. The number of benzene rings is 2. The van der Waals surface area contributed by atoms with Crippen molar-refractivity contribution in [3.05, 3.63) is 65.7 Å². The Morgan fingerprint density at radius 2 is 1.83 bits per heavy atom. The summed E-state index contributed by atoms with van der Waals surface area (Å²) in [6.45, 7) is 0.545. The summed E-state index contributed by atoms with van der Waals surface area (Å²) in [6.07, 6.45) is 0. The molecule has 0 radical (unpaired) electrons. The monoisotopic (exact) mass is 240 g/mol. The van der Waals surface area contributed by atoms with Crippen LogP contribution in [0.15, 0.2) is 54.6 Å². The van der Waals surface area contributed by atoms with Crippen LogP contribution in [0.1, 0.15) is 15.9 Å². The molecule has 0 unspecified atom stereocenters. The van der Waals surface area contributed by atoms with Gasteiger partial charge < -0.3 is 10.6 Å². The van der Waals surface area contributed by atoms with Gasteiger partial charge in [-0.05, 0) is 23.8 Å². The molecule has 0 aliphatic carbocycles. The topological polar surface area (TPSA) is 41.1 Å². The molecule has 0 saturated carbocycles. The Labute approximate surface area is 107 Å². The van der Waals surface area contributed by atoms with E-state index in [-0.39, 0.29) is 5.91 Å². The molecule has 0 saturated heterocycles. The van der Waals surface area contributed by atoms with Gasteiger partial charge >= 0.3 is 0 Å². The van der Waals surface area contributed by atoms with Crippen molar-refractivity contribution in [2.24, 2.45) is 0 Å². The molecule has 2 aromatic carbocycles. The first-order valence-electron chi connectivity index (χ1n) is 5.89. The summed E-state index contributed by atoms with van der Waals surface area (Å²) < 4.78 is 0. The van der Waals surface area contributed by atoms with Gasteiger partial charge in [-0.25, -0.2) is 0 Å². The summed E-state index contributed by atoms with van der Waals surface area (Å²) in [7, 11) is 1.83. The molecule has 1 amide bonds. The first kappa shape index (κ1) is 12.2. The van der Waals surface area contributed by atoms with Gasteiger partial charge in [-0.15, -0.1) is 0 Å². The molecule has 92 valence electrons. The highest BCUT2D eigenvalue weighted by molar-refractivity contribution is 5.95. The molecular weight excluding hydrogens is 224 g/mol. The van der Waals surface area contributed by atoms with Crippen LogP contribution in [0.4, 0.5) is 5.69 Å². The molecule has 3 nitrogen and oxygen atoms in total. The van der Waals surface area contributed by atoms with Crippen LogP contribution in [-0.4, -0.2) is 13.0 Å². The second-order valence-electron chi connectivity index (χ2n) is 4.00. The van der Waals surface area contributed by atoms with E-state index in [2.05, 4.69) is 10.6 Å². The van der Waals surface area contributed by atoms with E-state index in [1.54, 1.807) is 6.07 Å². The van der Waals surface area contributed by atoms with Crippen molar-refractivity contribution in [3.8, 4) is 0 Å². The lowest BCUT2D eigenvalue weighted by Gasteiger charge is -2.07. The van der Waals surface area contributed by atoms with Gasteiger partial charge in [-0.3, -0.25) is 4.79 Å². The predicted octanol–water partition coefficient (Wildman–Crippen LogP) is 2.66. The normalized spacial score (nSPS) is 9.83. The third-order valence-electron chi connectivity index (χ3n) is 2.71. The fourth-order valence-corrected chi connectivity index (χ4v) is 1.70. The summed E-state index contributed by atoms with van der Waals surface area (Å²) in [5, 5.41) is 5.92. The van der Waals surface area contributed by atoms with Crippen molar-refractivity contribution in [1.82, 2.24) is 5.32 Å². The van der Waals surface area contributed by atoms with Crippen molar-refractivity contribution in [2.45, 2.75) is 6.54 Å². The first-order chi connectivity index (χ1) is 8.79. The number of anilines is 1. The lowest BCUT2D eigenvalue weighted by atomic mass is 10.1. The standard InChI is InChI=1S/C15H16N2O/c1-16-14-9-5-8-13(10-14)15(18)17-11-12-6-3-2-4-7-12/h2-10,16H,11H2,1H3,(H,17,18). The third-order valence-corrected chi connectivity index (χ3v) is 2.71. The SMILES string of the molecule is CNc1cccc(C(=O)NCc2ccccc2)c1. The van der Waals surface area contributed by atoms with Gasteiger partial charge in [0.05, 0.1) is 0 Å². The number of carbonyl (C=O) groups excluding carboxylic acids is 1. The van der Waals surface area contributed by atoms with Crippen molar-refractivity contribution >= 4 is 11.6 Å². The van der Waals surface area contributed by atoms with Gasteiger partial charge in [0, 0.05) is 24.8 Å². The molecule has 0 bridgehead atoms. The lowest BCUT2D eigenvalue weighted by molar-refractivity contribution is 0.0951. The van der Waals surface area contributed by atoms with E-state index >= 15 is 0 Å². The quantitative estimate of drug-likeness (QED) is 0.862. The largest absolute Gasteiger partial charge is 0.388 e. The van der Waals surface area contributed by atoms with Gasteiger partial charge in [0.15, 0.2) is 0 Å². The van der Waals surface area contributed by atoms with Crippen molar-refractivity contribution in [1.29, 1.82) is 0 Å². The zero-order valence-corrected chi connectivity index (χ0v) is 10.3. The van der Waals surface area contributed by atoms with Crippen LogP contribution in [0.5, 0.6) is 0 Å². The second-order valence-corrected chi connectivity index (χ2v) is 4.00.